The van der Waals surface area contributed by atoms with Gasteiger partial charge in [-0.3, -0.25) is 14.4 Å². The van der Waals surface area contributed by atoms with Crippen LogP contribution >= 0.6 is 11.8 Å². The van der Waals surface area contributed by atoms with Gasteiger partial charge in [-0.1, -0.05) is 36.8 Å². The van der Waals surface area contributed by atoms with E-state index in [1.165, 1.54) is 16.7 Å². The number of rotatable bonds is 6. The second-order valence-electron chi connectivity index (χ2n) is 5.38. The number of hydrogen-bond acceptors (Lipinski definition) is 4. The van der Waals surface area contributed by atoms with Crippen molar-refractivity contribution in [1.29, 1.82) is 0 Å². The molecule has 0 aromatic heterocycles. The van der Waals surface area contributed by atoms with Gasteiger partial charge in [-0.15, -0.1) is 11.8 Å². The van der Waals surface area contributed by atoms with Crippen LogP contribution in [0.1, 0.15) is 29.3 Å². The van der Waals surface area contributed by atoms with E-state index in [-0.39, 0.29) is 17.3 Å². The van der Waals surface area contributed by atoms with E-state index in [4.69, 9.17) is 5.11 Å². The molecule has 0 bridgehead atoms. The minimum absolute atomic E-state index is 0.0940. The van der Waals surface area contributed by atoms with E-state index in [2.05, 4.69) is 0 Å². The first kappa shape index (κ1) is 17.3. The maximum atomic E-state index is 12.9. The Balaban J connectivity index is 2.51. The van der Waals surface area contributed by atoms with Crippen LogP contribution in [0.25, 0.3) is 0 Å². The summed E-state index contributed by atoms with van der Waals surface area (Å²) in [6.07, 6.45) is -0.434. The number of benzene rings is 1. The number of carbonyl (C=O) groups is 3. The summed E-state index contributed by atoms with van der Waals surface area (Å²) in [5.41, 5.74) is 1.89. The molecule has 1 aromatic carbocycles. The molecule has 0 spiro atoms. The lowest BCUT2D eigenvalue weighted by Gasteiger charge is -2.21. The predicted molar refractivity (Wildman–Crippen MR) is 89.5 cm³/mol. The number of amides is 1. The third-order valence-corrected chi connectivity index (χ3v) is 4.91. The summed E-state index contributed by atoms with van der Waals surface area (Å²) in [5, 5.41) is 8.64. The SMILES string of the molecule is CCS[C@@H]1C(C(=O)c2ccc(C)cc2)=C(CC(=O)O)C(=O)N1C. The van der Waals surface area contributed by atoms with Gasteiger partial charge in [0.1, 0.15) is 5.37 Å². The Labute approximate surface area is 139 Å². The monoisotopic (exact) mass is 333 g/mol. The fourth-order valence-electron chi connectivity index (χ4n) is 2.56. The molecule has 2 rings (SSSR count). The summed E-state index contributed by atoms with van der Waals surface area (Å²) >= 11 is 1.45. The fraction of sp³-hybridized carbons (Fsp3) is 0.353. The van der Waals surface area contributed by atoms with Crippen molar-refractivity contribution in [3.63, 3.8) is 0 Å². The molecule has 1 N–H and O–H groups in total. The number of aliphatic carboxylic acids is 1. The van der Waals surface area contributed by atoms with Crippen LogP contribution in [0.5, 0.6) is 0 Å². The van der Waals surface area contributed by atoms with Crippen molar-refractivity contribution in [3.05, 3.63) is 46.5 Å². The standard InChI is InChI=1S/C17H19NO4S/c1-4-23-17-14(12(9-13(19)20)16(22)18(17)3)15(21)11-7-5-10(2)6-8-11/h5-8,17H,4,9H2,1-3H3,(H,19,20)/t17-/m1/s1. The van der Waals surface area contributed by atoms with Crippen molar-refractivity contribution < 1.29 is 19.5 Å². The molecule has 1 heterocycles. The van der Waals surface area contributed by atoms with E-state index in [0.717, 1.165) is 5.56 Å². The van der Waals surface area contributed by atoms with Gasteiger partial charge < -0.3 is 10.0 Å². The van der Waals surface area contributed by atoms with E-state index >= 15 is 0 Å². The van der Waals surface area contributed by atoms with Crippen molar-refractivity contribution in [1.82, 2.24) is 4.90 Å². The van der Waals surface area contributed by atoms with Crippen LogP contribution in [0.2, 0.25) is 0 Å². The molecule has 5 nitrogen and oxygen atoms in total. The van der Waals surface area contributed by atoms with Crippen LogP contribution in [-0.2, 0) is 9.59 Å². The van der Waals surface area contributed by atoms with Crippen LogP contribution < -0.4 is 0 Å². The highest BCUT2D eigenvalue weighted by Gasteiger charge is 2.41. The smallest absolute Gasteiger partial charge is 0.308 e. The zero-order valence-corrected chi connectivity index (χ0v) is 14.1. The third-order valence-electron chi connectivity index (χ3n) is 3.71. The Bertz CT molecular complexity index is 678. The maximum absolute atomic E-state index is 12.9. The van der Waals surface area contributed by atoms with Crippen molar-refractivity contribution in [2.75, 3.05) is 12.8 Å². The molecule has 0 fully saturated rings. The topological polar surface area (TPSA) is 74.7 Å². The molecule has 0 aliphatic carbocycles. The van der Waals surface area contributed by atoms with Crippen molar-refractivity contribution in [2.45, 2.75) is 25.6 Å². The molecule has 6 heteroatoms. The number of ketones is 1. The number of Topliss-reactive ketones (excluding diaryl/α,β-unsaturated/α-hetero) is 1. The molecule has 1 amide bonds. The second-order valence-corrected chi connectivity index (χ2v) is 6.74. The number of carboxylic acid groups (broad SMARTS) is 1. The van der Waals surface area contributed by atoms with E-state index in [1.54, 1.807) is 19.2 Å². The minimum atomic E-state index is -1.11. The summed E-state index contributed by atoms with van der Waals surface area (Å²) in [6, 6.07) is 7.07. The van der Waals surface area contributed by atoms with E-state index < -0.39 is 17.8 Å². The van der Waals surface area contributed by atoms with Crippen LogP contribution in [0, 0.1) is 6.92 Å². The normalized spacial score (nSPS) is 17.8. The molecular weight excluding hydrogens is 314 g/mol. The highest BCUT2D eigenvalue weighted by atomic mass is 32.2. The molecule has 1 atom stereocenters. The highest BCUT2D eigenvalue weighted by Crippen LogP contribution is 2.35. The van der Waals surface area contributed by atoms with Crippen LogP contribution in [-0.4, -0.2) is 45.8 Å². The van der Waals surface area contributed by atoms with E-state index in [9.17, 15) is 14.4 Å². The Morgan fingerprint density at radius 2 is 1.87 bits per heavy atom. The van der Waals surface area contributed by atoms with Gasteiger partial charge in [-0.25, -0.2) is 0 Å². The van der Waals surface area contributed by atoms with Gasteiger partial charge in [0.2, 0.25) is 0 Å². The Hall–Kier alpha value is -2.08. The van der Waals surface area contributed by atoms with Gasteiger partial charge in [0.05, 0.1) is 6.42 Å². The first-order chi connectivity index (χ1) is 10.9. The Morgan fingerprint density at radius 1 is 1.26 bits per heavy atom. The Kier molecular flexibility index (Phi) is 5.26. The third kappa shape index (κ3) is 3.47. The molecule has 122 valence electrons. The average molecular weight is 333 g/mol. The highest BCUT2D eigenvalue weighted by molar-refractivity contribution is 8.00. The average Bonchev–Trinajstić information content (AvgIpc) is 2.72. The lowest BCUT2D eigenvalue weighted by Crippen LogP contribution is -2.31. The van der Waals surface area contributed by atoms with Crippen LogP contribution in [0.15, 0.2) is 35.4 Å². The number of carboxylic acids is 1. The first-order valence-corrected chi connectivity index (χ1v) is 8.36. The molecule has 23 heavy (non-hydrogen) atoms. The van der Waals surface area contributed by atoms with Crippen molar-refractivity contribution in [2.24, 2.45) is 0 Å². The van der Waals surface area contributed by atoms with Crippen molar-refractivity contribution >= 4 is 29.4 Å². The zero-order chi connectivity index (χ0) is 17.1. The van der Waals surface area contributed by atoms with E-state index in [1.807, 2.05) is 26.0 Å². The van der Waals surface area contributed by atoms with Gasteiger partial charge in [-0.2, -0.15) is 0 Å². The number of carbonyl (C=O) groups excluding carboxylic acids is 2. The van der Waals surface area contributed by atoms with Gasteiger partial charge in [0.25, 0.3) is 5.91 Å². The fourth-order valence-corrected chi connectivity index (χ4v) is 3.61. The maximum Gasteiger partial charge on any atom is 0.308 e. The summed E-state index contributed by atoms with van der Waals surface area (Å²) in [6.45, 7) is 3.86. The first-order valence-electron chi connectivity index (χ1n) is 7.31. The summed E-state index contributed by atoms with van der Waals surface area (Å²) in [5.74, 6) is -1.05. The molecule has 1 aliphatic rings. The van der Waals surface area contributed by atoms with E-state index in [0.29, 0.717) is 16.9 Å². The molecule has 0 saturated heterocycles. The summed E-state index contributed by atoms with van der Waals surface area (Å²) in [7, 11) is 1.60. The largest absolute Gasteiger partial charge is 0.481 e. The van der Waals surface area contributed by atoms with Gasteiger partial charge in [0.15, 0.2) is 5.78 Å². The number of hydrogen-bond donors (Lipinski definition) is 1. The quantitative estimate of drug-likeness (QED) is 0.810. The molecular formula is C17H19NO4S. The van der Waals surface area contributed by atoms with Crippen LogP contribution in [0.3, 0.4) is 0 Å². The lowest BCUT2D eigenvalue weighted by atomic mass is 9.98. The number of thioether (sulfide) groups is 1. The molecule has 1 aromatic rings. The van der Waals surface area contributed by atoms with Gasteiger partial charge in [0, 0.05) is 23.8 Å². The second kappa shape index (κ2) is 7.00. The molecule has 0 unspecified atom stereocenters. The number of likely N-dealkylation sites (N-methyl/N-ethyl adjacent to an activating group) is 1. The molecule has 0 saturated carbocycles. The molecule has 1 aliphatic heterocycles. The zero-order valence-electron chi connectivity index (χ0n) is 13.3. The predicted octanol–water partition coefficient (Wildman–Crippen LogP) is 2.50. The number of nitrogens with zero attached hydrogens (tertiary/aromatic N) is 1. The minimum Gasteiger partial charge on any atom is -0.481 e. The van der Waals surface area contributed by atoms with Gasteiger partial charge in [-0.05, 0) is 12.7 Å². The van der Waals surface area contributed by atoms with Crippen LogP contribution in [0.4, 0.5) is 0 Å². The van der Waals surface area contributed by atoms with Gasteiger partial charge >= 0.3 is 5.97 Å². The summed E-state index contributed by atoms with van der Waals surface area (Å²) < 4.78 is 0. The number of aryl methyl sites for hydroxylation is 1. The molecule has 0 radical (unpaired) electrons. The lowest BCUT2D eigenvalue weighted by molar-refractivity contribution is -0.137. The summed E-state index contributed by atoms with van der Waals surface area (Å²) in [4.78, 5) is 37.8. The van der Waals surface area contributed by atoms with Crippen molar-refractivity contribution in [3.8, 4) is 0 Å². The Morgan fingerprint density at radius 3 is 2.39 bits per heavy atom.